The zero-order valence-corrected chi connectivity index (χ0v) is 21.9. The van der Waals surface area contributed by atoms with Gasteiger partial charge in [0.05, 0.1) is 5.52 Å². The number of hydrogen-bond donors (Lipinski definition) is 2. The van der Waals surface area contributed by atoms with E-state index >= 15 is 0 Å². The second-order valence-corrected chi connectivity index (χ2v) is 9.64. The van der Waals surface area contributed by atoms with Crippen LogP contribution in [0, 0.1) is 0 Å². The van der Waals surface area contributed by atoms with Gasteiger partial charge in [0, 0.05) is 41.8 Å². The summed E-state index contributed by atoms with van der Waals surface area (Å²) >= 11 is 0. The highest BCUT2D eigenvalue weighted by Crippen LogP contribution is 2.30. The lowest BCUT2D eigenvalue weighted by atomic mass is 9.99. The van der Waals surface area contributed by atoms with Gasteiger partial charge in [-0.3, -0.25) is 24.3 Å². The molecule has 0 radical (unpaired) electrons. The number of nitrogens with one attached hydrogen (secondary N) is 2. The van der Waals surface area contributed by atoms with Crippen molar-refractivity contribution < 1.29 is 14.4 Å². The molecule has 0 unspecified atom stereocenters. The molecule has 0 bridgehead atoms. The normalized spacial score (nSPS) is 12.1. The lowest BCUT2D eigenvalue weighted by Gasteiger charge is -2.34. The van der Waals surface area contributed by atoms with Crippen LogP contribution >= 0.6 is 0 Å². The minimum absolute atomic E-state index is 0.144. The number of pyridine rings is 1. The number of para-hydroxylation sites is 1. The first kappa shape index (κ1) is 26.5. The van der Waals surface area contributed by atoms with Crippen LogP contribution in [0.25, 0.3) is 11.0 Å². The number of amides is 3. The maximum Gasteiger partial charge on any atom is 0.249 e. The van der Waals surface area contributed by atoms with Crippen molar-refractivity contribution in [1.29, 1.82) is 0 Å². The zero-order valence-electron chi connectivity index (χ0n) is 21.9. The van der Waals surface area contributed by atoms with Crippen molar-refractivity contribution in [3.8, 4) is 0 Å². The van der Waals surface area contributed by atoms with Crippen molar-refractivity contribution in [3.05, 3.63) is 78.6 Å². The first-order valence-electron chi connectivity index (χ1n) is 12.4. The maximum absolute atomic E-state index is 14.0. The number of carbonyl (C=O) groups excluding carboxylic acids is 3. The molecule has 38 heavy (non-hydrogen) atoms. The zero-order chi connectivity index (χ0) is 27.3. The van der Waals surface area contributed by atoms with Gasteiger partial charge in [-0.25, -0.2) is 4.68 Å². The second kappa shape index (κ2) is 11.2. The van der Waals surface area contributed by atoms with Gasteiger partial charge in [0.25, 0.3) is 0 Å². The fourth-order valence-electron chi connectivity index (χ4n) is 4.03. The third-order valence-corrected chi connectivity index (χ3v) is 6.29. The van der Waals surface area contributed by atoms with Crippen LogP contribution in [0.5, 0.6) is 0 Å². The van der Waals surface area contributed by atoms with Gasteiger partial charge in [0.1, 0.15) is 18.1 Å². The van der Waals surface area contributed by atoms with E-state index in [1.165, 1.54) is 16.5 Å². The standard InChI is InChI=1S/C28H31N7O3/c1-5-28(3,4)31-27(38)26(20-9-8-16-29-17-20)35(22-14-12-21(13-15-22)30-19(2)36)25(37)18-34-24-11-7-6-10-23(24)32-33-34/h6-17,26H,5,18H2,1-4H3,(H,30,36)(H,31,38)/t26-/m0/s1. The van der Waals surface area contributed by atoms with E-state index in [4.69, 9.17) is 0 Å². The van der Waals surface area contributed by atoms with E-state index < -0.39 is 11.6 Å². The molecule has 2 N–H and O–H groups in total. The lowest BCUT2D eigenvalue weighted by molar-refractivity contribution is -0.128. The molecule has 10 nitrogen and oxygen atoms in total. The molecular formula is C28H31N7O3. The molecule has 10 heteroatoms. The van der Waals surface area contributed by atoms with Gasteiger partial charge in [-0.15, -0.1) is 5.10 Å². The predicted octanol–water partition coefficient (Wildman–Crippen LogP) is 3.86. The molecule has 4 rings (SSSR count). The quantitative estimate of drug-likeness (QED) is 0.350. The summed E-state index contributed by atoms with van der Waals surface area (Å²) in [6, 6.07) is 16.6. The van der Waals surface area contributed by atoms with Crippen LogP contribution in [0.4, 0.5) is 11.4 Å². The molecule has 0 aliphatic carbocycles. The second-order valence-electron chi connectivity index (χ2n) is 9.64. The third kappa shape index (κ3) is 6.03. The molecule has 1 atom stereocenters. The van der Waals surface area contributed by atoms with Crippen molar-refractivity contribution >= 4 is 40.1 Å². The first-order chi connectivity index (χ1) is 18.2. The van der Waals surface area contributed by atoms with E-state index in [1.54, 1.807) is 48.8 Å². The van der Waals surface area contributed by atoms with E-state index in [9.17, 15) is 14.4 Å². The van der Waals surface area contributed by atoms with Crippen LogP contribution < -0.4 is 15.5 Å². The first-order valence-corrected chi connectivity index (χ1v) is 12.4. The topological polar surface area (TPSA) is 122 Å². The molecule has 2 aromatic carbocycles. The Kier molecular flexibility index (Phi) is 7.80. The van der Waals surface area contributed by atoms with E-state index in [0.717, 1.165) is 0 Å². The third-order valence-electron chi connectivity index (χ3n) is 6.29. The Bertz CT molecular complexity index is 1430. The number of fused-ring (bicyclic) bond motifs is 1. The van der Waals surface area contributed by atoms with Gasteiger partial charge < -0.3 is 10.6 Å². The number of aromatic nitrogens is 4. The Morgan fingerprint density at radius 3 is 2.42 bits per heavy atom. The van der Waals surface area contributed by atoms with Crippen molar-refractivity contribution in [2.45, 2.75) is 52.2 Å². The van der Waals surface area contributed by atoms with Crippen LogP contribution in [0.2, 0.25) is 0 Å². The average molecular weight is 514 g/mol. The summed E-state index contributed by atoms with van der Waals surface area (Å²) in [6.07, 6.45) is 3.90. The average Bonchev–Trinajstić information content (AvgIpc) is 3.30. The monoisotopic (exact) mass is 513 g/mol. The van der Waals surface area contributed by atoms with Gasteiger partial charge in [0.15, 0.2) is 0 Å². The minimum atomic E-state index is -1.01. The number of hydrogen-bond acceptors (Lipinski definition) is 6. The smallest absolute Gasteiger partial charge is 0.249 e. The molecule has 0 aliphatic rings. The maximum atomic E-state index is 14.0. The summed E-state index contributed by atoms with van der Waals surface area (Å²) in [7, 11) is 0. The Hall–Kier alpha value is -4.60. The highest BCUT2D eigenvalue weighted by Gasteiger charge is 2.35. The van der Waals surface area contributed by atoms with Gasteiger partial charge in [0.2, 0.25) is 17.7 Å². The minimum Gasteiger partial charge on any atom is -0.349 e. The molecular weight excluding hydrogens is 482 g/mol. The summed E-state index contributed by atoms with van der Waals surface area (Å²) in [6.45, 7) is 7.13. The highest BCUT2D eigenvalue weighted by atomic mass is 16.2. The Balaban J connectivity index is 1.80. The summed E-state index contributed by atoms with van der Waals surface area (Å²) in [5, 5.41) is 14.1. The van der Waals surface area contributed by atoms with Crippen LogP contribution in [-0.2, 0) is 20.9 Å². The number of carbonyl (C=O) groups is 3. The van der Waals surface area contributed by atoms with Gasteiger partial charge in [-0.05, 0) is 62.7 Å². The number of rotatable bonds is 9. The molecule has 0 aliphatic heterocycles. The van der Waals surface area contributed by atoms with E-state index in [-0.39, 0.29) is 24.3 Å². The van der Waals surface area contributed by atoms with Crippen LogP contribution in [-0.4, -0.2) is 43.2 Å². The van der Waals surface area contributed by atoms with Crippen LogP contribution in [0.15, 0.2) is 73.1 Å². The summed E-state index contributed by atoms with van der Waals surface area (Å²) in [5.41, 5.74) is 2.48. The number of benzene rings is 2. The molecule has 0 fully saturated rings. The SMILES string of the molecule is CCC(C)(C)NC(=O)[C@H](c1cccnc1)N(C(=O)Cn1nnc2ccccc21)c1ccc(NC(C)=O)cc1. The largest absolute Gasteiger partial charge is 0.349 e. The van der Waals surface area contributed by atoms with Crippen molar-refractivity contribution in [3.63, 3.8) is 0 Å². The molecule has 0 saturated heterocycles. The summed E-state index contributed by atoms with van der Waals surface area (Å²) in [5.74, 6) is -0.919. The van der Waals surface area contributed by atoms with Crippen molar-refractivity contribution in [2.24, 2.45) is 0 Å². The Labute approximate surface area is 221 Å². The molecule has 0 spiro atoms. The predicted molar refractivity (Wildman–Crippen MR) is 145 cm³/mol. The van der Waals surface area contributed by atoms with Gasteiger partial charge in [-0.2, -0.15) is 0 Å². The fraction of sp³-hybridized carbons (Fsp3) is 0.286. The van der Waals surface area contributed by atoms with Crippen molar-refractivity contribution in [2.75, 3.05) is 10.2 Å². The van der Waals surface area contributed by atoms with Gasteiger partial charge >= 0.3 is 0 Å². The lowest BCUT2D eigenvalue weighted by Crippen LogP contribution is -2.51. The van der Waals surface area contributed by atoms with Gasteiger partial charge in [-0.1, -0.05) is 30.3 Å². The highest BCUT2D eigenvalue weighted by molar-refractivity contribution is 6.02. The van der Waals surface area contributed by atoms with E-state index in [2.05, 4.69) is 25.9 Å². The van der Waals surface area contributed by atoms with E-state index in [1.807, 2.05) is 45.0 Å². The summed E-state index contributed by atoms with van der Waals surface area (Å²) in [4.78, 5) is 45.1. The molecule has 4 aromatic rings. The Morgan fingerprint density at radius 1 is 1.03 bits per heavy atom. The van der Waals surface area contributed by atoms with Crippen LogP contribution in [0.3, 0.4) is 0 Å². The Morgan fingerprint density at radius 2 is 1.76 bits per heavy atom. The summed E-state index contributed by atoms with van der Waals surface area (Å²) < 4.78 is 1.52. The molecule has 2 aromatic heterocycles. The molecule has 2 heterocycles. The number of nitrogens with zero attached hydrogens (tertiary/aromatic N) is 5. The number of anilines is 2. The molecule has 3 amide bonds. The molecule has 0 saturated carbocycles. The van der Waals surface area contributed by atoms with Crippen LogP contribution in [0.1, 0.15) is 45.7 Å². The van der Waals surface area contributed by atoms with Crippen molar-refractivity contribution in [1.82, 2.24) is 25.3 Å². The van der Waals surface area contributed by atoms with E-state index in [0.29, 0.717) is 34.4 Å². The molecule has 196 valence electrons. The fourth-order valence-corrected chi connectivity index (χ4v) is 4.03.